The van der Waals surface area contributed by atoms with E-state index in [4.69, 9.17) is 23.2 Å². The van der Waals surface area contributed by atoms with E-state index >= 15 is 0 Å². The Kier molecular flexibility index (Phi) is 6.17. The van der Waals surface area contributed by atoms with Crippen molar-refractivity contribution in [1.82, 2.24) is 9.99 Å². The molecule has 0 fully saturated rings. The molecule has 0 saturated carbocycles. The van der Waals surface area contributed by atoms with Crippen LogP contribution in [0.3, 0.4) is 0 Å². The van der Waals surface area contributed by atoms with Crippen LogP contribution in [0.15, 0.2) is 53.6 Å². The number of hydrogen-bond acceptors (Lipinski definition) is 2. The first-order valence-corrected chi connectivity index (χ1v) is 9.31. The van der Waals surface area contributed by atoms with Gasteiger partial charge in [-0.25, -0.2) is 9.82 Å². The summed E-state index contributed by atoms with van der Waals surface area (Å²) in [6, 6.07) is 13.0. The van der Waals surface area contributed by atoms with Gasteiger partial charge in [0.15, 0.2) is 0 Å². The lowest BCUT2D eigenvalue weighted by atomic mass is 10.1. The molecule has 3 aromatic rings. The van der Waals surface area contributed by atoms with Crippen molar-refractivity contribution in [2.75, 3.05) is 0 Å². The van der Waals surface area contributed by atoms with E-state index in [1.54, 1.807) is 36.5 Å². The molecule has 0 aliphatic carbocycles. The summed E-state index contributed by atoms with van der Waals surface area (Å²) in [5, 5.41) is 5.21. The summed E-state index contributed by atoms with van der Waals surface area (Å²) in [6.07, 6.45) is 1.70. The summed E-state index contributed by atoms with van der Waals surface area (Å²) < 4.78 is 14.9. The molecule has 4 nitrogen and oxygen atoms in total. The molecule has 7 heteroatoms. The van der Waals surface area contributed by atoms with Gasteiger partial charge in [-0.2, -0.15) is 5.10 Å². The Morgan fingerprint density at radius 3 is 2.57 bits per heavy atom. The van der Waals surface area contributed by atoms with E-state index in [-0.39, 0.29) is 18.1 Å². The van der Waals surface area contributed by atoms with E-state index in [0.29, 0.717) is 15.6 Å². The van der Waals surface area contributed by atoms with Gasteiger partial charge in [-0.1, -0.05) is 35.3 Å². The Balaban J connectivity index is 1.73. The molecule has 28 heavy (non-hydrogen) atoms. The van der Waals surface area contributed by atoms with E-state index in [1.807, 2.05) is 24.5 Å². The van der Waals surface area contributed by atoms with Gasteiger partial charge < -0.3 is 4.57 Å². The zero-order valence-corrected chi connectivity index (χ0v) is 16.9. The van der Waals surface area contributed by atoms with Crippen LogP contribution < -0.4 is 5.43 Å². The second kappa shape index (κ2) is 8.59. The van der Waals surface area contributed by atoms with Crippen LogP contribution in [0.5, 0.6) is 0 Å². The molecule has 1 heterocycles. The number of carbonyl (C=O) groups excluding carboxylic acids is 1. The number of nitrogens with zero attached hydrogens (tertiary/aromatic N) is 2. The fourth-order valence-corrected chi connectivity index (χ4v) is 3.32. The summed E-state index contributed by atoms with van der Waals surface area (Å²) in [5.41, 5.74) is 6.70. The molecular weight excluding hydrogens is 400 g/mol. The predicted molar refractivity (Wildman–Crippen MR) is 111 cm³/mol. The van der Waals surface area contributed by atoms with Crippen molar-refractivity contribution in [2.45, 2.75) is 20.3 Å². The molecule has 0 atom stereocenters. The van der Waals surface area contributed by atoms with Gasteiger partial charge >= 0.3 is 0 Å². The van der Waals surface area contributed by atoms with Crippen LogP contribution >= 0.6 is 23.2 Å². The third kappa shape index (κ3) is 4.61. The molecular formula is C21H18Cl2FN3O. The van der Waals surface area contributed by atoms with Gasteiger partial charge in [-0.3, -0.25) is 4.79 Å². The summed E-state index contributed by atoms with van der Waals surface area (Å²) in [5.74, 6) is -0.619. The first-order chi connectivity index (χ1) is 13.3. The molecule has 3 rings (SSSR count). The zero-order valence-electron chi connectivity index (χ0n) is 15.3. The molecule has 0 saturated heterocycles. The lowest BCUT2D eigenvalue weighted by Gasteiger charge is -2.12. The second-order valence-corrected chi connectivity index (χ2v) is 7.20. The Hall–Kier alpha value is -2.63. The summed E-state index contributed by atoms with van der Waals surface area (Å²) >= 11 is 12.4. The fourth-order valence-electron chi connectivity index (χ4n) is 2.95. The smallest absolute Gasteiger partial charge is 0.244 e. The van der Waals surface area contributed by atoms with Crippen LogP contribution in [0.1, 0.15) is 22.5 Å². The topological polar surface area (TPSA) is 46.4 Å². The minimum atomic E-state index is -0.336. The summed E-state index contributed by atoms with van der Waals surface area (Å²) in [7, 11) is 0. The first-order valence-electron chi connectivity index (χ1n) is 8.56. The highest BCUT2D eigenvalue weighted by atomic mass is 35.5. The van der Waals surface area contributed by atoms with Crippen molar-refractivity contribution in [3.05, 3.63) is 86.9 Å². The lowest BCUT2D eigenvalue weighted by Crippen LogP contribution is -2.19. The van der Waals surface area contributed by atoms with Crippen LogP contribution in [0.4, 0.5) is 4.39 Å². The summed E-state index contributed by atoms with van der Waals surface area (Å²) in [6.45, 7) is 3.89. The number of benzene rings is 2. The molecule has 144 valence electrons. The predicted octanol–water partition coefficient (Wildman–Crippen LogP) is 5.23. The largest absolute Gasteiger partial charge is 0.316 e. The monoisotopic (exact) mass is 417 g/mol. The number of hydrazone groups is 1. The van der Waals surface area contributed by atoms with E-state index in [0.717, 1.165) is 22.6 Å². The highest BCUT2D eigenvalue weighted by molar-refractivity contribution is 6.34. The van der Waals surface area contributed by atoms with Gasteiger partial charge in [-0.05, 0) is 55.8 Å². The van der Waals surface area contributed by atoms with Crippen molar-refractivity contribution in [1.29, 1.82) is 0 Å². The molecule has 0 aliphatic heterocycles. The van der Waals surface area contributed by atoms with Gasteiger partial charge in [0.1, 0.15) is 5.82 Å². The minimum absolute atomic E-state index is 0.120. The third-order valence-corrected chi connectivity index (χ3v) is 4.84. The zero-order chi connectivity index (χ0) is 20.3. The fraction of sp³-hybridized carbons (Fsp3) is 0.143. The number of aryl methyl sites for hydroxylation is 1. The van der Waals surface area contributed by atoms with Gasteiger partial charge in [0.2, 0.25) is 5.91 Å². The SMILES string of the molecule is Cc1cc(/C=N/NC(=O)Cc2ccc(F)cc2)c(C)n1-c1cc(Cl)ccc1Cl. The average molecular weight is 418 g/mol. The van der Waals surface area contributed by atoms with Gasteiger partial charge in [0.05, 0.1) is 23.3 Å². The Labute approximate surface area is 172 Å². The van der Waals surface area contributed by atoms with Gasteiger partial charge in [-0.15, -0.1) is 0 Å². The van der Waals surface area contributed by atoms with Gasteiger partial charge in [0.25, 0.3) is 0 Å². The van der Waals surface area contributed by atoms with Crippen LogP contribution in [0, 0.1) is 19.7 Å². The molecule has 0 bridgehead atoms. The number of amides is 1. The number of rotatable bonds is 5. The number of carbonyl (C=O) groups is 1. The van der Waals surface area contributed by atoms with Crippen LogP contribution in [0.25, 0.3) is 5.69 Å². The lowest BCUT2D eigenvalue weighted by molar-refractivity contribution is -0.120. The molecule has 2 aromatic carbocycles. The van der Waals surface area contributed by atoms with Crippen molar-refractivity contribution >= 4 is 35.3 Å². The standard InChI is InChI=1S/C21H18Cl2FN3O/c1-13-9-16(14(2)27(13)20-11-17(22)5-8-19(20)23)12-25-26-21(28)10-15-3-6-18(24)7-4-15/h3-9,11-12H,10H2,1-2H3,(H,26,28)/b25-12+. The van der Waals surface area contributed by atoms with Gasteiger partial charge in [0, 0.05) is 22.0 Å². The van der Waals surface area contributed by atoms with E-state index in [9.17, 15) is 9.18 Å². The highest BCUT2D eigenvalue weighted by Gasteiger charge is 2.12. The Bertz CT molecular complexity index is 1040. The first kappa shape index (κ1) is 20.1. The molecule has 0 aliphatic rings. The highest BCUT2D eigenvalue weighted by Crippen LogP contribution is 2.28. The molecule has 1 aromatic heterocycles. The van der Waals surface area contributed by atoms with Crippen molar-refractivity contribution in [3.8, 4) is 5.69 Å². The third-order valence-electron chi connectivity index (χ3n) is 4.29. The molecule has 0 spiro atoms. The van der Waals surface area contributed by atoms with Crippen LogP contribution in [-0.4, -0.2) is 16.7 Å². The van der Waals surface area contributed by atoms with Crippen molar-refractivity contribution in [2.24, 2.45) is 5.10 Å². The van der Waals surface area contributed by atoms with Crippen LogP contribution in [0.2, 0.25) is 10.0 Å². The number of hydrogen-bond donors (Lipinski definition) is 1. The van der Waals surface area contributed by atoms with Crippen molar-refractivity contribution < 1.29 is 9.18 Å². The normalized spacial score (nSPS) is 11.2. The maximum atomic E-state index is 12.9. The van der Waals surface area contributed by atoms with E-state index < -0.39 is 0 Å². The number of halogens is 3. The number of nitrogens with one attached hydrogen (secondary N) is 1. The van der Waals surface area contributed by atoms with E-state index in [1.165, 1.54) is 12.1 Å². The maximum absolute atomic E-state index is 12.9. The van der Waals surface area contributed by atoms with E-state index in [2.05, 4.69) is 10.5 Å². The molecule has 1 amide bonds. The quantitative estimate of drug-likeness (QED) is 0.448. The molecule has 0 unspecified atom stereocenters. The Morgan fingerprint density at radius 1 is 1.14 bits per heavy atom. The molecule has 0 radical (unpaired) electrons. The Morgan fingerprint density at radius 2 is 1.86 bits per heavy atom. The summed E-state index contributed by atoms with van der Waals surface area (Å²) in [4.78, 5) is 12.0. The van der Waals surface area contributed by atoms with Crippen molar-refractivity contribution in [3.63, 3.8) is 0 Å². The maximum Gasteiger partial charge on any atom is 0.244 e. The molecule has 1 N–H and O–H groups in total. The number of aromatic nitrogens is 1. The average Bonchev–Trinajstić information content (AvgIpc) is 2.93. The minimum Gasteiger partial charge on any atom is -0.316 e. The second-order valence-electron chi connectivity index (χ2n) is 6.35. The van der Waals surface area contributed by atoms with Crippen LogP contribution in [-0.2, 0) is 11.2 Å².